The van der Waals surface area contributed by atoms with Gasteiger partial charge in [0.15, 0.2) is 5.65 Å². The Bertz CT molecular complexity index is 1230. The maximum atomic E-state index is 13.1. The van der Waals surface area contributed by atoms with Crippen molar-refractivity contribution in [2.45, 2.75) is 18.8 Å². The van der Waals surface area contributed by atoms with Gasteiger partial charge in [-0.3, -0.25) is 9.59 Å². The second-order valence-corrected chi connectivity index (χ2v) is 7.98. The zero-order valence-corrected chi connectivity index (χ0v) is 16.3. The normalized spacial score (nSPS) is 17.0. The highest BCUT2D eigenvalue weighted by Gasteiger charge is 2.29. The van der Waals surface area contributed by atoms with E-state index in [0.717, 1.165) is 17.7 Å². The summed E-state index contributed by atoms with van der Waals surface area (Å²) in [5, 5.41) is 6.17. The first-order valence-corrected chi connectivity index (χ1v) is 10.3. The smallest absolute Gasteiger partial charge is 0.259 e. The summed E-state index contributed by atoms with van der Waals surface area (Å²) in [6, 6.07) is 7.18. The Morgan fingerprint density at radius 3 is 3.10 bits per heavy atom. The molecule has 5 rings (SSSR count). The molecule has 1 atom stereocenters. The zero-order chi connectivity index (χ0) is 19.8. The molecule has 1 amide bonds. The lowest BCUT2D eigenvalue weighted by Gasteiger charge is -2.32. The molecule has 0 spiro atoms. The minimum Gasteiger partial charge on any atom is -0.338 e. The average Bonchev–Trinajstić information content (AvgIpc) is 3.43. The van der Waals surface area contributed by atoms with Crippen LogP contribution in [0.15, 0.2) is 53.0 Å². The summed E-state index contributed by atoms with van der Waals surface area (Å²) < 4.78 is 1.60. The first-order chi connectivity index (χ1) is 14.2. The number of aromatic nitrogens is 5. The number of H-pyrrole nitrogens is 1. The standard InChI is InChI=1S/C20H18N6O2S/c27-17-10-15(16-5-2-9-29-16)23-18(24-17)13-4-1-7-25(12-13)20(28)14-11-22-26-8-3-6-21-19(14)26/h2-3,5-6,8-11,13H,1,4,7,12H2,(H,23,24,27)/t13-/m0/s1. The molecule has 0 unspecified atom stereocenters. The Labute approximate surface area is 169 Å². The summed E-state index contributed by atoms with van der Waals surface area (Å²) >= 11 is 1.55. The van der Waals surface area contributed by atoms with Crippen molar-refractivity contribution in [3.63, 3.8) is 0 Å². The van der Waals surface area contributed by atoms with Crippen LogP contribution in [0.5, 0.6) is 0 Å². The lowest BCUT2D eigenvalue weighted by atomic mass is 9.96. The summed E-state index contributed by atoms with van der Waals surface area (Å²) in [6.07, 6.45) is 6.69. The van der Waals surface area contributed by atoms with E-state index in [1.807, 2.05) is 17.5 Å². The fourth-order valence-electron chi connectivity index (χ4n) is 3.75. The summed E-state index contributed by atoms with van der Waals surface area (Å²) in [6.45, 7) is 1.16. The molecule has 8 nitrogen and oxygen atoms in total. The van der Waals surface area contributed by atoms with Crippen LogP contribution < -0.4 is 5.56 Å². The molecule has 5 heterocycles. The van der Waals surface area contributed by atoms with Crippen molar-refractivity contribution in [1.82, 2.24) is 29.5 Å². The Kier molecular flexibility index (Phi) is 4.44. The van der Waals surface area contributed by atoms with Crippen molar-refractivity contribution < 1.29 is 4.79 Å². The average molecular weight is 406 g/mol. The Morgan fingerprint density at radius 1 is 1.31 bits per heavy atom. The maximum Gasteiger partial charge on any atom is 0.259 e. The van der Waals surface area contributed by atoms with Gasteiger partial charge < -0.3 is 9.88 Å². The number of nitrogens with one attached hydrogen (secondary N) is 1. The number of piperidine rings is 1. The third-order valence-electron chi connectivity index (χ3n) is 5.14. The number of aromatic amines is 1. The second-order valence-electron chi connectivity index (χ2n) is 7.03. The summed E-state index contributed by atoms with van der Waals surface area (Å²) in [5.41, 5.74) is 1.54. The van der Waals surface area contributed by atoms with Crippen molar-refractivity contribution in [3.8, 4) is 10.6 Å². The molecule has 1 aliphatic rings. The molecule has 29 heavy (non-hydrogen) atoms. The molecule has 9 heteroatoms. The van der Waals surface area contributed by atoms with Crippen LogP contribution in [0.25, 0.3) is 16.2 Å². The van der Waals surface area contributed by atoms with Gasteiger partial charge in [0.25, 0.3) is 11.5 Å². The molecular formula is C20H18N6O2S. The van der Waals surface area contributed by atoms with Crippen LogP contribution in [0.2, 0.25) is 0 Å². The van der Waals surface area contributed by atoms with E-state index < -0.39 is 0 Å². The van der Waals surface area contributed by atoms with Crippen molar-refractivity contribution in [1.29, 1.82) is 0 Å². The van der Waals surface area contributed by atoms with Crippen molar-refractivity contribution in [2.24, 2.45) is 0 Å². The van der Waals surface area contributed by atoms with Gasteiger partial charge in [-0.05, 0) is 30.4 Å². The minimum atomic E-state index is -0.173. The maximum absolute atomic E-state index is 13.1. The van der Waals surface area contributed by atoms with Gasteiger partial charge in [0.05, 0.1) is 16.8 Å². The van der Waals surface area contributed by atoms with E-state index in [-0.39, 0.29) is 17.4 Å². The largest absolute Gasteiger partial charge is 0.338 e. The van der Waals surface area contributed by atoms with Gasteiger partial charge in [-0.15, -0.1) is 11.3 Å². The van der Waals surface area contributed by atoms with Crippen molar-refractivity contribution >= 4 is 22.9 Å². The van der Waals surface area contributed by atoms with Gasteiger partial charge in [-0.1, -0.05) is 6.07 Å². The molecule has 1 saturated heterocycles. The number of nitrogens with zero attached hydrogens (tertiary/aromatic N) is 5. The van der Waals surface area contributed by atoms with E-state index in [0.29, 0.717) is 35.8 Å². The molecule has 146 valence electrons. The predicted octanol–water partition coefficient (Wildman–Crippen LogP) is 2.56. The van der Waals surface area contributed by atoms with Gasteiger partial charge in [0.2, 0.25) is 0 Å². The van der Waals surface area contributed by atoms with Gasteiger partial charge in [0.1, 0.15) is 11.4 Å². The lowest BCUT2D eigenvalue weighted by Crippen LogP contribution is -2.40. The number of amides is 1. The monoisotopic (exact) mass is 406 g/mol. The molecule has 0 aliphatic carbocycles. The summed E-state index contributed by atoms with van der Waals surface area (Å²) in [5.74, 6) is 0.520. The molecular weight excluding hydrogens is 388 g/mol. The molecule has 1 fully saturated rings. The number of carbonyl (C=O) groups is 1. The Hall–Kier alpha value is -3.33. The zero-order valence-electron chi connectivity index (χ0n) is 15.5. The third-order valence-corrected chi connectivity index (χ3v) is 6.03. The van der Waals surface area contributed by atoms with Crippen LogP contribution in [0.4, 0.5) is 0 Å². The number of rotatable bonds is 3. The third kappa shape index (κ3) is 3.33. The molecule has 4 aromatic rings. The van der Waals surface area contributed by atoms with Gasteiger partial charge in [-0.2, -0.15) is 5.10 Å². The highest BCUT2D eigenvalue weighted by atomic mass is 32.1. The molecule has 1 aliphatic heterocycles. The number of fused-ring (bicyclic) bond motifs is 1. The lowest BCUT2D eigenvalue weighted by molar-refractivity contribution is 0.0706. The van der Waals surface area contributed by atoms with Gasteiger partial charge >= 0.3 is 0 Å². The van der Waals surface area contributed by atoms with E-state index in [4.69, 9.17) is 4.98 Å². The van der Waals surface area contributed by atoms with E-state index in [1.54, 1.807) is 45.4 Å². The molecule has 0 bridgehead atoms. The first kappa shape index (κ1) is 17.7. The number of hydrogen-bond donors (Lipinski definition) is 1. The fraction of sp³-hybridized carbons (Fsp3) is 0.250. The fourth-order valence-corrected chi connectivity index (χ4v) is 4.44. The number of carbonyl (C=O) groups excluding carboxylic acids is 1. The number of likely N-dealkylation sites (tertiary alicyclic amines) is 1. The minimum absolute atomic E-state index is 0.0184. The van der Waals surface area contributed by atoms with Crippen LogP contribution in [0.1, 0.15) is 34.9 Å². The SMILES string of the molecule is O=C(c1cnn2cccnc12)N1CCC[C@H](c2nc(-c3cccs3)cc(=O)[nH]2)C1. The highest BCUT2D eigenvalue weighted by molar-refractivity contribution is 7.13. The number of thiophene rings is 1. The van der Waals surface area contributed by atoms with Crippen LogP contribution in [-0.4, -0.2) is 48.5 Å². The van der Waals surface area contributed by atoms with Crippen LogP contribution >= 0.6 is 11.3 Å². The summed E-state index contributed by atoms with van der Waals surface area (Å²) in [4.78, 5) is 39.9. The molecule has 4 aromatic heterocycles. The molecule has 0 saturated carbocycles. The number of hydrogen-bond acceptors (Lipinski definition) is 6. The second kappa shape index (κ2) is 7.25. The van der Waals surface area contributed by atoms with E-state index >= 15 is 0 Å². The quantitative estimate of drug-likeness (QED) is 0.564. The van der Waals surface area contributed by atoms with E-state index in [1.165, 1.54) is 6.07 Å². The van der Waals surface area contributed by atoms with Crippen molar-refractivity contribution in [2.75, 3.05) is 13.1 Å². The van der Waals surface area contributed by atoms with Gasteiger partial charge in [-0.25, -0.2) is 14.5 Å². The molecule has 0 radical (unpaired) electrons. The molecule has 0 aromatic carbocycles. The Morgan fingerprint density at radius 2 is 2.24 bits per heavy atom. The van der Waals surface area contributed by atoms with Crippen molar-refractivity contribution in [3.05, 3.63) is 70.0 Å². The van der Waals surface area contributed by atoms with Crippen LogP contribution in [0, 0.1) is 0 Å². The van der Waals surface area contributed by atoms with E-state index in [9.17, 15) is 9.59 Å². The van der Waals surface area contributed by atoms with Gasteiger partial charge in [0, 0.05) is 37.5 Å². The van der Waals surface area contributed by atoms with Crippen LogP contribution in [0.3, 0.4) is 0 Å². The highest BCUT2D eigenvalue weighted by Crippen LogP contribution is 2.28. The topological polar surface area (TPSA) is 96.2 Å². The van der Waals surface area contributed by atoms with Crippen LogP contribution in [-0.2, 0) is 0 Å². The Balaban J connectivity index is 1.42. The first-order valence-electron chi connectivity index (χ1n) is 9.42. The predicted molar refractivity (Wildman–Crippen MR) is 109 cm³/mol. The summed E-state index contributed by atoms with van der Waals surface area (Å²) in [7, 11) is 0. The van der Waals surface area contributed by atoms with E-state index in [2.05, 4.69) is 15.1 Å². The molecule has 1 N–H and O–H groups in total.